The molecule has 3 aliphatic rings. The first-order valence-corrected chi connectivity index (χ1v) is 16.7. The van der Waals surface area contributed by atoms with Gasteiger partial charge in [0.05, 0.1) is 0 Å². The molecule has 3 atom stereocenters. The number of allylic oxidation sites excluding steroid dienone is 2. The van der Waals surface area contributed by atoms with Crippen LogP contribution in [-0.2, 0) is 20.8 Å². The zero-order valence-corrected chi connectivity index (χ0v) is 28.1. The van der Waals surface area contributed by atoms with Crippen LogP contribution in [-0.4, -0.2) is 46.3 Å². The van der Waals surface area contributed by atoms with Crippen LogP contribution in [0.4, 0.5) is 18.9 Å². The molecule has 1 aliphatic heterocycles. The Morgan fingerprint density at radius 1 is 1.06 bits per heavy atom. The van der Waals surface area contributed by atoms with Gasteiger partial charge in [0.1, 0.15) is 17.7 Å². The summed E-state index contributed by atoms with van der Waals surface area (Å²) in [5.74, 6) is -4.22. The molecule has 2 saturated carbocycles. The van der Waals surface area contributed by atoms with Crippen LogP contribution in [0.5, 0.6) is 0 Å². The van der Waals surface area contributed by atoms with E-state index in [0.717, 1.165) is 16.8 Å². The van der Waals surface area contributed by atoms with Gasteiger partial charge in [0, 0.05) is 60.4 Å². The molecule has 2 aromatic carbocycles. The van der Waals surface area contributed by atoms with E-state index in [2.05, 4.69) is 27.5 Å². The molecule has 5 rings (SSSR count). The van der Waals surface area contributed by atoms with Crippen molar-refractivity contribution in [2.75, 3.05) is 5.32 Å². The van der Waals surface area contributed by atoms with Gasteiger partial charge in [0.2, 0.25) is 23.6 Å². The summed E-state index contributed by atoms with van der Waals surface area (Å²) in [5.41, 5.74) is 2.40. The molecule has 0 radical (unpaired) electrons. The van der Waals surface area contributed by atoms with E-state index in [0.29, 0.717) is 24.4 Å². The van der Waals surface area contributed by atoms with Crippen LogP contribution in [0.15, 0.2) is 90.0 Å². The van der Waals surface area contributed by atoms with Crippen molar-refractivity contribution in [3.05, 3.63) is 102 Å². The van der Waals surface area contributed by atoms with E-state index in [-0.39, 0.29) is 67.5 Å². The fourth-order valence-corrected chi connectivity index (χ4v) is 6.51. The molecule has 1 heterocycles. The maximum atomic E-state index is 13.8. The molecule has 0 spiro atoms. The number of alkyl halides is 2. The Morgan fingerprint density at radius 2 is 1.73 bits per heavy atom. The number of hydrogen-bond acceptors (Lipinski definition) is 5. The van der Waals surface area contributed by atoms with Crippen molar-refractivity contribution in [3.8, 4) is 0 Å². The molecule has 3 N–H and O–H groups in total. The van der Waals surface area contributed by atoms with Crippen LogP contribution in [0.3, 0.4) is 0 Å². The fourth-order valence-electron chi connectivity index (χ4n) is 6.51. The number of halogens is 3. The minimum Gasteiger partial charge on any atom is -0.349 e. The molecule has 0 aromatic heterocycles. The van der Waals surface area contributed by atoms with Crippen LogP contribution in [0.2, 0.25) is 0 Å². The van der Waals surface area contributed by atoms with E-state index in [1.807, 2.05) is 39.0 Å². The van der Waals surface area contributed by atoms with E-state index in [9.17, 15) is 27.6 Å². The number of benzene rings is 2. The molecular weight excluding hydrogens is 631 g/mol. The van der Waals surface area contributed by atoms with Gasteiger partial charge in [-0.05, 0) is 93.8 Å². The highest BCUT2D eigenvalue weighted by molar-refractivity contribution is 5.93. The molecule has 3 amide bonds. The summed E-state index contributed by atoms with van der Waals surface area (Å²) in [6.45, 7) is 9.60. The van der Waals surface area contributed by atoms with E-state index in [4.69, 9.17) is 0 Å². The SMILES string of the molecule is C=C1N=CC=CN1/C(=C\C)CC(NC(=O)C1CC1c1ccc(NC(=O)C2CCC(F)(F)CC2)cc1)C(=O)NC(C)(C)Cc1ccc(F)cc1. The minimum absolute atomic E-state index is 0.0516. The van der Waals surface area contributed by atoms with Crippen molar-refractivity contribution in [2.45, 2.75) is 89.1 Å². The Hall–Kier alpha value is -4.67. The Morgan fingerprint density at radius 3 is 2.37 bits per heavy atom. The van der Waals surface area contributed by atoms with Gasteiger partial charge < -0.3 is 20.9 Å². The third-order valence-electron chi connectivity index (χ3n) is 9.35. The Balaban J connectivity index is 1.23. The summed E-state index contributed by atoms with van der Waals surface area (Å²) in [4.78, 5) is 46.1. The lowest BCUT2D eigenvalue weighted by molar-refractivity contribution is -0.130. The molecule has 11 heteroatoms. The van der Waals surface area contributed by atoms with Gasteiger partial charge in [-0.2, -0.15) is 0 Å². The van der Waals surface area contributed by atoms with Crippen molar-refractivity contribution >= 4 is 29.6 Å². The maximum absolute atomic E-state index is 13.8. The predicted molar refractivity (Wildman–Crippen MR) is 184 cm³/mol. The lowest BCUT2D eigenvalue weighted by Gasteiger charge is -2.31. The third-order valence-corrected chi connectivity index (χ3v) is 9.35. The van der Waals surface area contributed by atoms with Crippen molar-refractivity contribution in [2.24, 2.45) is 16.8 Å². The third kappa shape index (κ3) is 9.49. The van der Waals surface area contributed by atoms with Gasteiger partial charge in [-0.3, -0.25) is 14.4 Å². The normalized spacial score (nSPS) is 21.2. The smallest absolute Gasteiger partial charge is 0.248 e. The number of hydrogen-bond donors (Lipinski definition) is 3. The second-order valence-corrected chi connectivity index (χ2v) is 13.8. The van der Waals surface area contributed by atoms with E-state index in [1.54, 1.807) is 47.7 Å². The summed E-state index contributed by atoms with van der Waals surface area (Å²) in [5, 5.41) is 8.92. The van der Waals surface area contributed by atoms with Gasteiger partial charge in [-0.15, -0.1) is 0 Å². The molecule has 49 heavy (non-hydrogen) atoms. The monoisotopic (exact) mass is 675 g/mol. The highest BCUT2D eigenvalue weighted by Gasteiger charge is 2.45. The first kappa shape index (κ1) is 35.6. The van der Waals surface area contributed by atoms with Crippen LogP contribution >= 0.6 is 0 Å². The van der Waals surface area contributed by atoms with Gasteiger partial charge in [-0.25, -0.2) is 18.2 Å². The molecular formula is C38H44F3N5O3. The van der Waals surface area contributed by atoms with E-state index in [1.165, 1.54) is 12.1 Å². The first-order valence-electron chi connectivity index (χ1n) is 16.7. The van der Waals surface area contributed by atoms with Crippen LogP contribution in [0.25, 0.3) is 0 Å². The van der Waals surface area contributed by atoms with Crippen molar-refractivity contribution in [1.29, 1.82) is 0 Å². The number of amides is 3. The van der Waals surface area contributed by atoms with Gasteiger partial charge in [0.25, 0.3) is 0 Å². The van der Waals surface area contributed by atoms with Crippen LogP contribution in [0, 0.1) is 17.7 Å². The number of rotatable bonds is 12. The topological polar surface area (TPSA) is 103 Å². The molecule has 0 saturated heterocycles. The molecule has 2 aliphatic carbocycles. The van der Waals surface area contributed by atoms with Crippen molar-refractivity contribution in [3.63, 3.8) is 0 Å². The van der Waals surface area contributed by atoms with Crippen molar-refractivity contribution in [1.82, 2.24) is 15.5 Å². The van der Waals surface area contributed by atoms with Gasteiger partial charge in [-0.1, -0.05) is 36.9 Å². The lowest BCUT2D eigenvalue weighted by atomic mass is 9.86. The number of carbonyl (C=O) groups is 3. The van der Waals surface area contributed by atoms with Gasteiger partial charge >= 0.3 is 0 Å². The Bertz CT molecular complexity index is 1640. The van der Waals surface area contributed by atoms with Crippen LogP contribution < -0.4 is 16.0 Å². The summed E-state index contributed by atoms with van der Waals surface area (Å²) in [7, 11) is 0. The Kier molecular flexibility index (Phi) is 10.8. The molecule has 0 bridgehead atoms. The van der Waals surface area contributed by atoms with Crippen LogP contribution in [0.1, 0.15) is 76.3 Å². The minimum atomic E-state index is -2.69. The highest BCUT2D eigenvalue weighted by Crippen LogP contribution is 2.48. The zero-order chi connectivity index (χ0) is 35.3. The van der Waals surface area contributed by atoms with Gasteiger partial charge in [0.15, 0.2) is 0 Å². The second kappa shape index (κ2) is 14.8. The van der Waals surface area contributed by atoms with E-state index < -0.39 is 23.4 Å². The predicted octanol–water partition coefficient (Wildman–Crippen LogP) is 6.98. The molecule has 2 fully saturated rings. The van der Waals surface area contributed by atoms with Crippen molar-refractivity contribution < 1.29 is 27.6 Å². The summed E-state index contributed by atoms with van der Waals surface area (Å²) >= 11 is 0. The first-order chi connectivity index (χ1) is 23.2. The number of nitrogens with zero attached hydrogens (tertiary/aromatic N) is 2. The largest absolute Gasteiger partial charge is 0.349 e. The molecule has 3 unspecified atom stereocenters. The average molecular weight is 676 g/mol. The Labute approximate surface area is 285 Å². The molecule has 260 valence electrons. The lowest BCUT2D eigenvalue weighted by Crippen LogP contribution is -2.54. The number of anilines is 1. The van der Waals surface area contributed by atoms with E-state index >= 15 is 0 Å². The quantitative estimate of drug-likeness (QED) is 0.226. The number of carbonyl (C=O) groups excluding carboxylic acids is 3. The summed E-state index contributed by atoms with van der Waals surface area (Å²) < 4.78 is 40.5. The maximum Gasteiger partial charge on any atom is 0.248 e. The second-order valence-electron chi connectivity index (χ2n) is 13.8. The average Bonchev–Trinajstić information content (AvgIpc) is 3.86. The highest BCUT2D eigenvalue weighted by atomic mass is 19.3. The number of nitrogens with one attached hydrogen (secondary N) is 3. The molecule has 2 aromatic rings. The zero-order valence-electron chi connectivity index (χ0n) is 28.1. The summed E-state index contributed by atoms with van der Waals surface area (Å²) in [6.07, 6.45) is 8.06. The summed E-state index contributed by atoms with van der Waals surface area (Å²) in [6, 6.07) is 12.5. The standard InChI is InChI=1S/C38H44F3N5O3/c1-5-30(46-20-6-19-42-24(46)2)21-33(36(49)45-37(3,4)23-25-7-11-28(39)12-8-25)44-35(48)32-22-31(32)26-9-13-29(14-10-26)43-34(47)27-15-17-38(40,41)18-16-27/h5-14,19-20,27,31-33H,2,15-18,21-23H2,1,3-4H3,(H,43,47)(H,44,48)(H,45,49)/b30-5-. The molecule has 8 nitrogen and oxygen atoms in total. The number of aliphatic imine (C=N–C) groups is 1. The fraction of sp³-hybridized carbons (Fsp3) is 0.421.